The van der Waals surface area contributed by atoms with Crippen molar-refractivity contribution in [3.05, 3.63) is 0 Å². The Hall–Kier alpha value is -0.160. The Labute approximate surface area is 98.2 Å². The van der Waals surface area contributed by atoms with Gasteiger partial charge in [-0.15, -0.1) is 0 Å². The predicted molar refractivity (Wildman–Crippen MR) is 63.5 cm³/mol. The van der Waals surface area contributed by atoms with Gasteiger partial charge < -0.3 is 9.84 Å². The summed E-state index contributed by atoms with van der Waals surface area (Å²) in [4.78, 5) is 4.89. The first-order valence-electron chi connectivity index (χ1n) is 6.26. The van der Waals surface area contributed by atoms with Crippen molar-refractivity contribution < 1.29 is 9.84 Å². The molecule has 2 fully saturated rings. The van der Waals surface area contributed by atoms with Crippen LogP contribution in [0.3, 0.4) is 0 Å². The number of fused-ring (bicyclic) bond motifs is 1. The van der Waals surface area contributed by atoms with Crippen LogP contribution in [0, 0.1) is 0 Å². The van der Waals surface area contributed by atoms with Gasteiger partial charge >= 0.3 is 0 Å². The number of ether oxygens (including phenoxy) is 1. The van der Waals surface area contributed by atoms with Crippen LogP contribution in [0.2, 0.25) is 0 Å². The fourth-order valence-corrected chi connectivity index (χ4v) is 2.93. The molecule has 0 aromatic carbocycles. The second-order valence-electron chi connectivity index (χ2n) is 5.60. The van der Waals surface area contributed by atoms with Crippen LogP contribution in [-0.4, -0.2) is 72.0 Å². The maximum absolute atomic E-state index is 9.48. The lowest BCUT2D eigenvalue weighted by molar-refractivity contribution is -0.126. The highest BCUT2D eigenvalue weighted by molar-refractivity contribution is 4.99. The standard InChI is InChI=1S/C12H24N2O2/c1-10(2)14-8-12(3)9-16-5-4-13(12)6-11(14)7-15/h10-11,15H,4-9H2,1-3H3/t11-,12+/m1/s1. The highest BCUT2D eigenvalue weighted by atomic mass is 16.5. The molecule has 1 N–H and O–H groups in total. The quantitative estimate of drug-likeness (QED) is 0.730. The maximum atomic E-state index is 9.48. The van der Waals surface area contributed by atoms with Crippen molar-refractivity contribution in [1.29, 1.82) is 0 Å². The minimum absolute atomic E-state index is 0.133. The molecule has 0 spiro atoms. The first-order chi connectivity index (χ1) is 7.57. The summed E-state index contributed by atoms with van der Waals surface area (Å²) in [6.07, 6.45) is 0. The Morgan fingerprint density at radius 2 is 2.25 bits per heavy atom. The third kappa shape index (κ3) is 2.12. The molecule has 16 heavy (non-hydrogen) atoms. The number of aliphatic hydroxyl groups is 1. The first kappa shape index (κ1) is 12.3. The van der Waals surface area contributed by atoms with Crippen molar-refractivity contribution in [2.24, 2.45) is 0 Å². The lowest BCUT2D eigenvalue weighted by atomic mass is 9.92. The number of morpholine rings is 1. The predicted octanol–water partition coefficient (Wildman–Crippen LogP) is 0.162. The zero-order valence-electron chi connectivity index (χ0n) is 10.6. The Balaban J connectivity index is 2.13. The topological polar surface area (TPSA) is 35.9 Å². The Kier molecular flexibility index (Phi) is 3.54. The molecule has 0 radical (unpaired) electrons. The second-order valence-corrected chi connectivity index (χ2v) is 5.60. The van der Waals surface area contributed by atoms with Gasteiger partial charge in [0.25, 0.3) is 0 Å². The van der Waals surface area contributed by atoms with E-state index in [1.807, 2.05) is 0 Å². The smallest absolute Gasteiger partial charge is 0.0660 e. The van der Waals surface area contributed by atoms with Crippen molar-refractivity contribution in [3.63, 3.8) is 0 Å². The Morgan fingerprint density at radius 3 is 2.88 bits per heavy atom. The van der Waals surface area contributed by atoms with Gasteiger partial charge in [-0.1, -0.05) is 0 Å². The molecule has 4 heteroatoms. The SMILES string of the molecule is CC(C)N1C[C@@]2(C)COCCN2C[C@@H]1CO. The second kappa shape index (κ2) is 4.61. The van der Waals surface area contributed by atoms with E-state index in [2.05, 4.69) is 30.6 Å². The molecule has 2 atom stereocenters. The van der Waals surface area contributed by atoms with E-state index in [0.717, 1.165) is 32.8 Å². The average molecular weight is 228 g/mol. The van der Waals surface area contributed by atoms with Crippen molar-refractivity contribution in [1.82, 2.24) is 9.80 Å². The van der Waals surface area contributed by atoms with Gasteiger partial charge in [-0.3, -0.25) is 9.80 Å². The number of hydrogen-bond acceptors (Lipinski definition) is 4. The van der Waals surface area contributed by atoms with Gasteiger partial charge in [0.1, 0.15) is 0 Å². The van der Waals surface area contributed by atoms with Crippen LogP contribution in [-0.2, 0) is 4.74 Å². The van der Waals surface area contributed by atoms with Crippen LogP contribution in [0.15, 0.2) is 0 Å². The molecule has 2 saturated heterocycles. The number of hydrogen-bond donors (Lipinski definition) is 1. The van der Waals surface area contributed by atoms with E-state index in [1.165, 1.54) is 0 Å². The average Bonchev–Trinajstić information content (AvgIpc) is 2.26. The molecular weight excluding hydrogens is 204 g/mol. The molecule has 4 nitrogen and oxygen atoms in total. The molecule has 0 aromatic heterocycles. The van der Waals surface area contributed by atoms with Gasteiger partial charge in [-0.25, -0.2) is 0 Å². The molecular formula is C12H24N2O2. The fraction of sp³-hybridized carbons (Fsp3) is 1.00. The van der Waals surface area contributed by atoms with E-state index < -0.39 is 0 Å². The summed E-state index contributed by atoms with van der Waals surface area (Å²) >= 11 is 0. The van der Waals surface area contributed by atoms with Crippen LogP contribution in [0.1, 0.15) is 20.8 Å². The maximum Gasteiger partial charge on any atom is 0.0660 e. The van der Waals surface area contributed by atoms with Crippen molar-refractivity contribution in [3.8, 4) is 0 Å². The summed E-state index contributed by atoms with van der Waals surface area (Å²) in [7, 11) is 0. The lowest BCUT2D eigenvalue weighted by Gasteiger charge is -2.55. The molecule has 0 unspecified atom stereocenters. The molecule has 0 aromatic rings. The zero-order chi connectivity index (χ0) is 11.8. The van der Waals surface area contributed by atoms with Crippen molar-refractivity contribution in [2.45, 2.75) is 38.4 Å². The van der Waals surface area contributed by atoms with Gasteiger partial charge in [0.2, 0.25) is 0 Å². The Morgan fingerprint density at radius 1 is 1.50 bits per heavy atom. The van der Waals surface area contributed by atoms with E-state index in [0.29, 0.717) is 6.04 Å². The minimum atomic E-state index is 0.133. The van der Waals surface area contributed by atoms with Crippen LogP contribution in [0.25, 0.3) is 0 Å². The fourth-order valence-electron chi connectivity index (χ4n) is 2.93. The third-order valence-corrected chi connectivity index (χ3v) is 3.98. The van der Waals surface area contributed by atoms with Crippen molar-refractivity contribution >= 4 is 0 Å². The molecule has 0 bridgehead atoms. The van der Waals surface area contributed by atoms with E-state index in [1.54, 1.807) is 0 Å². The monoisotopic (exact) mass is 228 g/mol. The van der Waals surface area contributed by atoms with Crippen LogP contribution in [0.5, 0.6) is 0 Å². The van der Waals surface area contributed by atoms with E-state index in [9.17, 15) is 5.11 Å². The third-order valence-electron chi connectivity index (χ3n) is 3.98. The number of aliphatic hydroxyl groups excluding tert-OH is 1. The minimum Gasteiger partial charge on any atom is -0.395 e. The highest BCUT2D eigenvalue weighted by Gasteiger charge is 2.44. The summed E-state index contributed by atoms with van der Waals surface area (Å²) in [5.74, 6) is 0. The van der Waals surface area contributed by atoms with Gasteiger partial charge in [-0.2, -0.15) is 0 Å². The largest absolute Gasteiger partial charge is 0.395 e. The number of rotatable bonds is 2. The molecule has 2 aliphatic rings. The van der Waals surface area contributed by atoms with E-state index in [4.69, 9.17) is 4.74 Å². The molecule has 0 saturated carbocycles. The lowest BCUT2D eigenvalue weighted by Crippen LogP contribution is -2.70. The molecule has 94 valence electrons. The highest BCUT2D eigenvalue weighted by Crippen LogP contribution is 2.28. The zero-order valence-corrected chi connectivity index (χ0v) is 10.6. The summed E-state index contributed by atoms with van der Waals surface area (Å²) in [5, 5.41) is 9.48. The van der Waals surface area contributed by atoms with Crippen molar-refractivity contribution in [2.75, 3.05) is 39.5 Å². The summed E-state index contributed by atoms with van der Waals surface area (Å²) in [6.45, 7) is 11.5. The van der Waals surface area contributed by atoms with Gasteiger partial charge in [0.05, 0.1) is 25.4 Å². The van der Waals surface area contributed by atoms with Gasteiger partial charge in [-0.05, 0) is 20.8 Å². The van der Waals surface area contributed by atoms with Gasteiger partial charge in [0, 0.05) is 31.7 Å². The Bertz CT molecular complexity index is 247. The number of piperazine rings is 1. The summed E-state index contributed by atoms with van der Waals surface area (Å²) in [6, 6.07) is 0.768. The van der Waals surface area contributed by atoms with Gasteiger partial charge in [0.15, 0.2) is 0 Å². The summed E-state index contributed by atoms with van der Waals surface area (Å²) < 4.78 is 5.61. The van der Waals surface area contributed by atoms with Crippen LogP contribution < -0.4 is 0 Å². The van der Waals surface area contributed by atoms with Crippen LogP contribution >= 0.6 is 0 Å². The first-order valence-corrected chi connectivity index (χ1v) is 6.26. The summed E-state index contributed by atoms with van der Waals surface area (Å²) in [5.41, 5.74) is 0.133. The molecule has 0 amide bonds. The number of nitrogens with zero attached hydrogens (tertiary/aromatic N) is 2. The van der Waals surface area contributed by atoms with Crippen LogP contribution in [0.4, 0.5) is 0 Å². The van der Waals surface area contributed by atoms with E-state index in [-0.39, 0.29) is 18.2 Å². The molecule has 2 rings (SSSR count). The molecule has 0 aliphatic carbocycles. The molecule has 2 aliphatic heterocycles. The normalized spacial score (nSPS) is 37.7. The van der Waals surface area contributed by atoms with E-state index >= 15 is 0 Å². The molecule has 2 heterocycles.